The van der Waals surface area contributed by atoms with Gasteiger partial charge in [0, 0.05) is 16.9 Å². The number of hydrogen-bond donors (Lipinski definition) is 0. The highest BCUT2D eigenvalue weighted by Gasteiger charge is 2.23. The van der Waals surface area contributed by atoms with Crippen LogP contribution in [0.15, 0.2) is 81.4 Å². The first-order chi connectivity index (χ1) is 18.6. The average Bonchev–Trinajstić information content (AvgIpc) is 3.45. The SMILES string of the molecule is COc1ccc(-c2cc(-c3ccccc3)nc(SC/C([O-])=N\c3c[n+](N4CCOCC4)no3)c2C#N)cc1. The lowest BCUT2D eigenvalue weighted by Crippen LogP contribution is -2.62. The number of hydrogen-bond acceptors (Lipinski definition) is 10. The molecule has 0 amide bonds. The van der Waals surface area contributed by atoms with Crippen LogP contribution < -0.4 is 19.6 Å². The molecule has 0 saturated carbocycles. The topological polar surface area (TPSA) is 124 Å². The van der Waals surface area contributed by atoms with E-state index in [-0.39, 0.29) is 11.6 Å². The Morgan fingerprint density at radius 3 is 2.63 bits per heavy atom. The Balaban J connectivity index is 1.42. The van der Waals surface area contributed by atoms with Crippen molar-refractivity contribution in [1.82, 2.24) is 10.3 Å². The zero-order chi connectivity index (χ0) is 26.3. The van der Waals surface area contributed by atoms with Crippen molar-refractivity contribution in [2.75, 3.05) is 44.2 Å². The van der Waals surface area contributed by atoms with E-state index in [1.54, 1.807) is 13.3 Å². The van der Waals surface area contributed by atoms with Gasteiger partial charge in [-0.15, -0.1) is 5.01 Å². The molecule has 2 aromatic carbocycles. The lowest BCUT2D eigenvalue weighted by atomic mass is 9.99. The first-order valence-corrected chi connectivity index (χ1v) is 12.9. The largest absolute Gasteiger partial charge is 0.861 e. The maximum Gasteiger partial charge on any atom is 0.324 e. The summed E-state index contributed by atoms with van der Waals surface area (Å²) < 4.78 is 15.8. The molecule has 1 aliphatic heterocycles. The highest BCUT2D eigenvalue weighted by Crippen LogP contribution is 2.34. The molecular weight excluding hydrogens is 504 g/mol. The molecule has 1 fully saturated rings. The molecule has 11 heteroatoms. The number of benzene rings is 2. The zero-order valence-electron chi connectivity index (χ0n) is 20.6. The van der Waals surface area contributed by atoms with Gasteiger partial charge in [0.05, 0.1) is 49.5 Å². The minimum Gasteiger partial charge on any atom is -0.861 e. The zero-order valence-corrected chi connectivity index (χ0v) is 21.4. The molecule has 192 valence electrons. The van der Waals surface area contributed by atoms with Crippen LogP contribution in [0.1, 0.15) is 5.56 Å². The van der Waals surface area contributed by atoms with E-state index in [0.717, 1.165) is 28.5 Å². The molecule has 0 unspecified atom stereocenters. The van der Waals surface area contributed by atoms with E-state index >= 15 is 0 Å². The van der Waals surface area contributed by atoms with Crippen molar-refractivity contribution in [3.8, 4) is 34.2 Å². The second-order valence-corrected chi connectivity index (χ2v) is 9.23. The number of nitrogens with zero attached hydrogens (tertiary/aromatic N) is 6. The van der Waals surface area contributed by atoms with Crippen LogP contribution in [0.3, 0.4) is 0 Å². The standard InChI is InChI=1S/C27H24N6O4S/c1-35-21-9-7-19(8-10-21)22-15-24(20-5-3-2-4-6-20)29-27(23(22)16-28)38-18-25(34)30-26-17-33(31-37-26)32-11-13-36-14-12-32/h2-10,15,17H,11-14,18H2,1H3. The van der Waals surface area contributed by atoms with E-state index < -0.39 is 5.90 Å². The van der Waals surface area contributed by atoms with Crippen molar-refractivity contribution in [3.05, 3.63) is 72.4 Å². The lowest BCUT2D eigenvalue weighted by molar-refractivity contribution is -0.759. The molecule has 10 nitrogen and oxygen atoms in total. The first kappa shape index (κ1) is 25.3. The van der Waals surface area contributed by atoms with Crippen molar-refractivity contribution >= 4 is 23.5 Å². The van der Waals surface area contributed by atoms with Gasteiger partial charge in [0.25, 0.3) is 6.20 Å². The quantitative estimate of drug-likeness (QED) is 0.147. The maximum absolute atomic E-state index is 12.7. The summed E-state index contributed by atoms with van der Waals surface area (Å²) in [6.45, 7) is 2.52. The van der Waals surface area contributed by atoms with Crippen LogP contribution in [0.2, 0.25) is 0 Å². The van der Waals surface area contributed by atoms with Crippen LogP contribution in [0.4, 0.5) is 5.88 Å². The van der Waals surface area contributed by atoms with Crippen molar-refractivity contribution in [3.63, 3.8) is 0 Å². The van der Waals surface area contributed by atoms with E-state index in [0.29, 0.717) is 48.3 Å². The molecule has 0 radical (unpaired) electrons. The highest BCUT2D eigenvalue weighted by atomic mass is 32.2. The van der Waals surface area contributed by atoms with Crippen LogP contribution in [-0.2, 0) is 4.74 Å². The fraction of sp³-hybridized carbons (Fsp3) is 0.222. The van der Waals surface area contributed by atoms with Gasteiger partial charge in [0.15, 0.2) is 0 Å². The van der Waals surface area contributed by atoms with E-state index in [2.05, 4.69) is 16.3 Å². The molecule has 2 aromatic heterocycles. The number of nitriles is 1. The van der Waals surface area contributed by atoms with Crippen molar-refractivity contribution in [1.29, 1.82) is 5.26 Å². The summed E-state index contributed by atoms with van der Waals surface area (Å²) in [5.41, 5.74) is 3.55. The van der Waals surface area contributed by atoms with Gasteiger partial charge in [-0.25, -0.2) is 9.98 Å². The number of rotatable bonds is 8. The molecule has 1 aliphatic rings. The van der Waals surface area contributed by atoms with Gasteiger partial charge in [-0.2, -0.15) is 5.26 Å². The summed E-state index contributed by atoms with van der Waals surface area (Å²) in [5.74, 6) is 0.364. The minimum atomic E-state index is -0.429. The van der Waals surface area contributed by atoms with Crippen LogP contribution in [0.25, 0.3) is 22.4 Å². The van der Waals surface area contributed by atoms with E-state index in [9.17, 15) is 10.4 Å². The summed E-state index contributed by atoms with van der Waals surface area (Å²) in [4.78, 5) is 10.3. The Kier molecular flexibility index (Phi) is 7.82. The molecule has 0 N–H and O–H groups in total. The number of thioether (sulfide) groups is 1. The fourth-order valence-electron chi connectivity index (χ4n) is 3.95. The predicted octanol–water partition coefficient (Wildman–Crippen LogP) is 2.72. The molecular formula is C27H24N6O4S. The molecule has 1 saturated heterocycles. The number of methoxy groups -OCH3 is 1. The molecule has 3 heterocycles. The first-order valence-electron chi connectivity index (χ1n) is 11.9. The number of pyridine rings is 1. The van der Waals surface area contributed by atoms with Crippen LogP contribution in [-0.4, -0.2) is 55.3 Å². The highest BCUT2D eigenvalue weighted by molar-refractivity contribution is 8.00. The van der Waals surface area contributed by atoms with E-state index in [1.165, 1.54) is 4.79 Å². The van der Waals surface area contributed by atoms with Gasteiger partial charge >= 0.3 is 5.88 Å². The van der Waals surface area contributed by atoms with Crippen molar-refractivity contribution < 1.29 is 23.9 Å². The number of aliphatic imine (C=N–C) groups is 1. The number of aromatic nitrogens is 3. The molecule has 0 atom stereocenters. The van der Waals surface area contributed by atoms with Gasteiger partial charge in [-0.05, 0) is 29.7 Å². The summed E-state index contributed by atoms with van der Waals surface area (Å²) >= 11 is 1.16. The summed E-state index contributed by atoms with van der Waals surface area (Å²) in [7, 11) is 1.60. The van der Waals surface area contributed by atoms with Gasteiger partial charge in [0.1, 0.15) is 16.8 Å². The Labute approximate surface area is 223 Å². The summed E-state index contributed by atoms with van der Waals surface area (Å²) in [6, 6.07) is 21.3. The Morgan fingerprint density at radius 1 is 1.16 bits per heavy atom. The van der Waals surface area contributed by atoms with Crippen molar-refractivity contribution in [2.24, 2.45) is 4.99 Å². The van der Waals surface area contributed by atoms with Crippen LogP contribution >= 0.6 is 11.8 Å². The summed E-state index contributed by atoms with van der Waals surface area (Å²) in [5, 5.41) is 29.1. The molecule has 4 aromatic rings. The maximum atomic E-state index is 12.7. The van der Waals surface area contributed by atoms with E-state index in [1.807, 2.05) is 65.7 Å². The number of morpholine rings is 1. The fourth-order valence-corrected chi connectivity index (χ4v) is 4.73. The molecule has 0 aliphatic carbocycles. The van der Waals surface area contributed by atoms with Gasteiger partial charge < -0.3 is 14.6 Å². The Morgan fingerprint density at radius 2 is 1.92 bits per heavy atom. The second kappa shape index (κ2) is 11.8. The third-order valence-corrected chi connectivity index (χ3v) is 6.82. The smallest absolute Gasteiger partial charge is 0.324 e. The third-order valence-electron chi connectivity index (χ3n) is 5.86. The summed E-state index contributed by atoms with van der Waals surface area (Å²) in [6.07, 6.45) is 1.56. The van der Waals surface area contributed by atoms with Crippen molar-refractivity contribution in [2.45, 2.75) is 5.03 Å². The lowest BCUT2D eigenvalue weighted by Gasteiger charge is -2.18. The number of ether oxygens (including phenoxy) is 2. The van der Waals surface area contributed by atoms with Crippen LogP contribution in [0, 0.1) is 11.3 Å². The monoisotopic (exact) mass is 528 g/mol. The van der Waals surface area contributed by atoms with E-state index in [4.69, 9.17) is 19.0 Å². The third kappa shape index (κ3) is 5.77. The minimum absolute atomic E-state index is 0.0275. The normalized spacial score (nSPS) is 13.8. The molecule has 0 bridgehead atoms. The average molecular weight is 529 g/mol. The Bertz CT molecular complexity index is 1460. The predicted molar refractivity (Wildman–Crippen MR) is 140 cm³/mol. The van der Waals surface area contributed by atoms with Gasteiger partial charge in [0.2, 0.25) is 5.27 Å². The van der Waals surface area contributed by atoms with Gasteiger partial charge in [-0.3, -0.25) is 4.52 Å². The van der Waals surface area contributed by atoms with Gasteiger partial charge in [-0.1, -0.05) is 54.2 Å². The molecule has 0 spiro atoms. The Hall–Kier alpha value is -4.40. The molecule has 5 rings (SSSR count). The molecule has 38 heavy (non-hydrogen) atoms. The second-order valence-electron chi connectivity index (χ2n) is 8.26. The van der Waals surface area contributed by atoms with Crippen LogP contribution in [0.5, 0.6) is 5.75 Å².